The highest BCUT2D eigenvalue weighted by Gasteiger charge is 2.31. The lowest BCUT2D eigenvalue weighted by molar-refractivity contribution is 0.0983. The Morgan fingerprint density at radius 2 is 1.75 bits per heavy atom. The van der Waals surface area contributed by atoms with Crippen molar-refractivity contribution in [2.75, 3.05) is 37.6 Å². The molecule has 1 aromatic heterocycles. The van der Waals surface area contributed by atoms with Gasteiger partial charge in [-0.1, -0.05) is 43.7 Å². The van der Waals surface area contributed by atoms with Crippen LogP contribution in [0.15, 0.2) is 53.4 Å². The zero-order valence-corrected chi connectivity index (χ0v) is 23.5. The van der Waals surface area contributed by atoms with Gasteiger partial charge in [0.25, 0.3) is 5.91 Å². The zero-order valence-electron chi connectivity index (χ0n) is 21.1. The van der Waals surface area contributed by atoms with E-state index in [1.54, 1.807) is 33.5 Å². The van der Waals surface area contributed by atoms with Crippen LogP contribution in [0.5, 0.6) is 0 Å². The van der Waals surface area contributed by atoms with Gasteiger partial charge in [-0.05, 0) is 69.3 Å². The lowest BCUT2D eigenvalue weighted by atomic mass is 10.1. The van der Waals surface area contributed by atoms with Crippen molar-refractivity contribution in [2.24, 2.45) is 0 Å². The minimum absolute atomic E-state index is 0. The van der Waals surface area contributed by atoms with Gasteiger partial charge in [0.2, 0.25) is 10.0 Å². The maximum absolute atomic E-state index is 13.6. The summed E-state index contributed by atoms with van der Waals surface area (Å²) in [6.07, 6.45) is 2.80. The summed E-state index contributed by atoms with van der Waals surface area (Å²) in [5.41, 5.74) is 1.32. The third-order valence-corrected chi connectivity index (χ3v) is 9.83. The number of thiazole rings is 1. The second-order valence-electron chi connectivity index (χ2n) is 8.93. The van der Waals surface area contributed by atoms with Crippen molar-refractivity contribution >= 4 is 55.0 Å². The number of nitrogens with zero attached hydrogens (tertiary/aromatic N) is 4. The predicted octanol–water partition coefficient (Wildman–Crippen LogP) is 5.27. The fourth-order valence-corrected chi connectivity index (χ4v) is 7.22. The van der Waals surface area contributed by atoms with Gasteiger partial charge in [0.05, 0.1) is 15.1 Å². The Balaban J connectivity index is 0.00000361. The number of fused-ring (bicyclic) bond motifs is 1. The first-order valence-corrected chi connectivity index (χ1v) is 14.6. The van der Waals surface area contributed by atoms with Crippen molar-refractivity contribution < 1.29 is 13.2 Å². The zero-order chi connectivity index (χ0) is 25.0. The van der Waals surface area contributed by atoms with Crippen LogP contribution in [0.1, 0.15) is 50.4 Å². The molecule has 4 rings (SSSR count). The summed E-state index contributed by atoms with van der Waals surface area (Å²) in [6.45, 7) is 9.76. The van der Waals surface area contributed by atoms with Crippen LogP contribution < -0.4 is 4.90 Å². The standard InChI is InChI=1S/C26H34N4O3S2.ClH/c1-4-28(5-2)18-19-29(26-27-23-11-6-7-12-24(23)34-26)25(31)21-13-15-22(16-14-21)35(32,33)30-17-9-8-10-20(30)3;/h6-7,11-16,20H,4-5,8-10,17-19H2,1-3H3;1H. The maximum atomic E-state index is 13.6. The molecule has 10 heteroatoms. The molecule has 2 heterocycles. The SMILES string of the molecule is CCN(CC)CCN(C(=O)c1ccc(S(=O)(=O)N2CCCCC2C)cc1)c1nc2ccccc2s1.Cl. The number of hydrogen-bond acceptors (Lipinski definition) is 6. The lowest BCUT2D eigenvalue weighted by Crippen LogP contribution is -2.42. The van der Waals surface area contributed by atoms with E-state index >= 15 is 0 Å². The van der Waals surface area contributed by atoms with Crippen molar-refractivity contribution in [3.63, 3.8) is 0 Å². The molecule has 1 unspecified atom stereocenters. The molecule has 2 aromatic carbocycles. The first-order chi connectivity index (χ1) is 16.8. The molecule has 0 bridgehead atoms. The average Bonchev–Trinajstić information content (AvgIpc) is 3.30. The van der Waals surface area contributed by atoms with Crippen molar-refractivity contribution in [3.05, 3.63) is 54.1 Å². The summed E-state index contributed by atoms with van der Waals surface area (Å²) in [6, 6.07) is 14.2. The Morgan fingerprint density at radius 1 is 1.06 bits per heavy atom. The number of benzene rings is 2. The van der Waals surface area contributed by atoms with Crippen LogP contribution >= 0.6 is 23.7 Å². The van der Waals surface area contributed by atoms with Crippen molar-refractivity contribution in [2.45, 2.75) is 51.0 Å². The van der Waals surface area contributed by atoms with Crippen LogP contribution in [0.3, 0.4) is 0 Å². The number of amides is 1. The van der Waals surface area contributed by atoms with E-state index in [0.717, 1.165) is 49.1 Å². The highest BCUT2D eigenvalue weighted by atomic mass is 35.5. The van der Waals surface area contributed by atoms with Crippen LogP contribution in [-0.4, -0.2) is 67.3 Å². The molecular weight excluding hydrogens is 516 g/mol. The van der Waals surface area contributed by atoms with E-state index in [0.29, 0.717) is 23.8 Å². The summed E-state index contributed by atoms with van der Waals surface area (Å²) in [5.74, 6) is -0.175. The molecule has 36 heavy (non-hydrogen) atoms. The highest BCUT2D eigenvalue weighted by molar-refractivity contribution is 7.89. The summed E-state index contributed by atoms with van der Waals surface area (Å²) < 4.78 is 29.0. The summed E-state index contributed by atoms with van der Waals surface area (Å²) in [7, 11) is -3.58. The van der Waals surface area contributed by atoms with Crippen LogP contribution in [0.2, 0.25) is 0 Å². The van der Waals surface area contributed by atoms with E-state index in [9.17, 15) is 13.2 Å². The third-order valence-electron chi connectivity index (χ3n) is 6.74. The topological polar surface area (TPSA) is 73.8 Å². The molecule has 1 saturated heterocycles. The predicted molar refractivity (Wildman–Crippen MR) is 150 cm³/mol. The van der Waals surface area contributed by atoms with E-state index in [1.165, 1.54) is 11.3 Å². The fraction of sp³-hybridized carbons (Fsp3) is 0.462. The molecule has 0 spiro atoms. The number of anilines is 1. The number of rotatable bonds is 9. The summed E-state index contributed by atoms with van der Waals surface area (Å²) >= 11 is 1.49. The molecule has 1 aliphatic rings. The van der Waals surface area contributed by atoms with Crippen molar-refractivity contribution in [3.8, 4) is 0 Å². The Bertz CT molecular complexity index is 1230. The van der Waals surface area contributed by atoms with Crippen LogP contribution in [0, 0.1) is 0 Å². The molecular formula is C26H35ClN4O3S2. The number of para-hydroxylation sites is 1. The largest absolute Gasteiger partial charge is 0.302 e. The van der Waals surface area contributed by atoms with Crippen LogP contribution in [0.4, 0.5) is 5.13 Å². The average molecular weight is 551 g/mol. The summed E-state index contributed by atoms with van der Waals surface area (Å²) in [4.78, 5) is 22.6. The van der Waals surface area contributed by atoms with Gasteiger partial charge in [-0.15, -0.1) is 12.4 Å². The quantitative estimate of drug-likeness (QED) is 0.363. The van der Waals surface area contributed by atoms with E-state index in [4.69, 9.17) is 4.98 Å². The molecule has 3 aromatic rings. The Labute approximate surface area is 224 Å². The number of aromatic nitrogens is 1. The first-order valence-electron chi connectivity index (χ1n) is 12.4. The van der Waals surface area contributed by atoms with Gasteiger partial charge in [0, 0.05) is 31.2 Å². The van der Waals surface area contributed by atoms with E-state index in [2.05, 4.69) is 18.7 Å². The number of halogens is 1. The molecule has 0 saturated carbocycles. The number of likely N-dealkylation sites (N-methyl/N-ethyl adjacent to an activating group) is 1. The smallest absolute Gasteiger partial charge is 0.260 e. The van der Waals surface area contributed by atoms with E-state index in [-0.39, 0.29) is 29.3 Å². The fourth-order valence-electron chi connectivity index (χ4n) is 4.53. The van der Waals surface area contributed by atoms with Gasteiger partial charge in [-0.3, -0.25) is 9.69 Å². The van der Waals surface area contributed by atoms with Gasteiger partial charge in [-0.25, -0.2) is 13.4 Å². The Morgan fingerprint density at radius 3 is 2.39 bits per heavy atom. The second kappa shape index (κ2) is 12.5. The number of carbonyl (C=O) groups is 1. The molecule has 1 amide bonds. The van der Waals surface area contributed by atoms with E-state index in [1.807, 2.05) is 31.2 Å². The number of hydrogen-bond donors (Lipinski definition) is 0. The van der Waals surface area contributed by atoms with Gasteiger partial charge in [-0.2, -0.15) is 4.31 Å². The molecule has 0 aliphatic carbocycles. The Hall–Kier alpha value is -2.04. The van der Waals surface area contributed by atoms with Gasteiger partial charge in [0.15, 0.2) is 5.13 Å². The molecule has 0 N–H and O–H groups in total. The molecule has 196 valence electrons. The molecule has 1 fully saturated rings. The molecule has 1 atom stereocenters. The normalized spacial score (nSPS) is 16.7. The molecule has 0 radical (unpaired) electrons. The molecule has 7 nitrogen and oxygen atoms in total. The molecule has 1 aliphatic heterocycles. The van der Waals surface area contributed by atoms with Crippen molar-refractivity contribution in [1.29, 1.82) is 0 Å². The number of piperidine rings is 1. The van der Waals surface area contributed by atoms with Crippen molar-refractivity contribution in [1.82, 2.24) is 14.2 Å². The minimum Gasteiger partial charge on any atom is -0.302 e. The second-order valence-corrected chi connectivity index (χ2v) is 11.8. The van der Waals surface area contributed by atoms with E-state index < -0.39 is 10.0 Å². The lowest BCUT2D eigenvalue weighted by Gasteiger charge is -2.32. The number of sulfonamides is 1. The summed E-state index contributed by atoms with van der Waals surface area (Å²) in [5, 5.41) is 0.655. The first kappa shape index (κ1) is 28.5. The minimum atomic E-state index is -3.58. The van der Waals surface area contributed by atoms with Gasteiger partial charge in [0.1, 0.15) is 0 Å². The highest BCUT2D eigenvalue weighted by Crippen LogP contribution is 2.30. The van der Waals surface area contributed by atoms with Gasteiger partial charge >= 0.3 is 0 Å². The monoisotopic (exact) mass is 550 g/mol. The number of carbonyl (C=O) groups excluding carboxylic acids is 1. The van der Waals surface area contributed by atoms with Crippen LogP contribution in [0.25, 0.3) is 10.2 Å². The third kappa shape index (κ3) is 6.08. The van der Waals surface area contributed by atoms with Gasteiger partial charge < -0.3 is 4.90 Å². The van der Waals surface area contributed by atoms with Crippen LogP contribution in [-0.2, 0) is 10.0 Å². The maximum Gasteiger partial charge on any atom is 0.260 e. The Kier molecular flexibility index (Phi) is 9.88.